The normalized spacial score (nSPS) is 17.4. The maximum Gasteiger partial charge on any atom is 0.226 e. The molecule has 1 heterocycles. The highest BCUT2D eigenvalue weighted by atomic mass is 16.4. The number of rotatable bonds is 5. The summed E-state index contributed by atoms with van der Waals surface area (Å²) in [4.78, 5) is 13.1. The second-order valence-corrected chi connectivity index (χ2v) is 4.70. The van der Waals surface area contributed by atoms with Crippen LogP contribution in [-0.4, -0.2) is 34.8 Å². The van der Waals surface area contributed by atoms with Crippen LogP contribution in [0.4, 0.5) is 0 Å². The van der Waals surface area contributed by atoms with Gasteiger partial charge in [0.2, 0.25) is 5.43 Å². The lowest BCUT2D eigenvalue weighted by Crippen LogP contribution is -2.30. The molecule has 1 aliphatic carbocycles. The highest BCUT2D eigenvalue weighted by Gasteiger charge is 2.30. The molecule has 2 N–H and O–H groups in total. The maximum absolute atomic E-state index is 11.2. The molecule has 0 aromatic carbocycles. The molecule has 2 rings (SSSR count). The van der Waals surface area contributed by atoms with Crippen molar-refractivity contribution >= 4 is 0 Å². The molecule has 0 bridgehead atoms. The number of aliphatic hydroxyl groups is 1. The number of likely N-dealkylation sites (N-methyl/N-ethyl adjacent to an activating group) is 1. The molecule has 5 nitrogen and oxygen atoms in total. The highest BCUT2D eigenvalue weighted by Crippen LogP contribution is 2.32. The molecule has 0 amide bonds. The number of nitrogens with zero attached hydrogens (tertiary/aromatic N) is 1. The number of hydrogen-bond donors (Lipinski definition) is 2. The first kappa shape index (κ1) is 12.1. The lowest BCUT2D eigenvalue weighted by Gasteiger charge is -2.19. The van der Waals surface area contributed by atoms with Crippen LogP contribution in [0.3, 0.4) is 0 Å². The third-order valence-electron chi connectivity index (χ3n) is 2.96. The van der Waals surface area contributed by atoms with Crippen molar-refractivity contribution in [3.63, 3.8) is 0 Å². The molecule has 0 saturated heterocycles. The van der Waals surface area contributed by atoms with Crippen molar-refractivity contribution in [3.8, 4) is 5.75 Å². The number of aromatic hydroxyl groups is 1. The summed E-state index contributed by atoms with van der Waals surface area (Å²) < 4.78 is 5.09. The molecule has 1 aliphatic rings. The summed E-state index contributed by atoms with van der Waals surface area (Å²) in [6.07, 6.45) is 2.94. The molecule has 1 unspecified atom stereocenters. The number of aliphatic hydroxyl groups excluding tert-OH is 1. The minimum atomic E-state index is -0.442. The van der Waals surface area contributed by atoms with Crippen molar-refractivity contribution in [2.45, 2.75) is 25.5 Å². The van der Waals surface area contributed by atoms with Gasteiger partial charge in [0.15, 0.2) is 5.75 Å². The van der Waals surface area contributed by atoms with E-state index >= 15 is 0 Å². The van der Waals surface area contributed by atoms with E-state index in [2.05, 4.69) is 0 Å². The van der Waals surface area contributed by atoms with E-state index in [1.54, 1.807) is 0 Å². The molecule has 17 heavy (non-hydrogen) atoms. The van der Waals surface area contributed by atoms with Crippen LogP contribution in [0.1, 0.15) is 18.6 Å². The van der Waals surface area contributed by atoms with Gasteiger partial charge in [-0.15, -0.1) is 0 Å². The Morgan fingerprint density at radius 3 is 2.88 bits per heavy atom. The van der Waals surface area contributed by atoms with Crippen LogP contribution in [-0.2, 0) is 6.54 Å². The van der Waals surface area contributed by atoms with E-state index < -0.39 is 5.43 Å². The van der Waals surface area contributed by atoms with E-state index in [4.69, 9.17) is 9.52 Å². The average molecular weight is 239 g/mol. The lowest BCUT2D eigenvalue weighted by atomic mass is 10.2. The molecule has 0 radical (unpaired) electrons. The van der Waals surface area contributed by atoms with E-state index in [1.165, 1.54) is 6.07 Å². The topological polar surface area (TPSA) is 73.9 Å². The Morgan fingerprint density at radius 1 is 1.59 bits per heavy atom. The van der Waals surface area contributed by atoms with E-state index in [9.17, 15) is 9.90 Å². The molecule has 1 fully saturated rings. The van der Waals surface area contributed by atoms with Crippen LogP contribution < -0.4 is 5.43 Å². The lowest BCUT2D eigenvalue weighted by molar-refractivity contribution is 0.101. The summed E-state index contributed by atoms with van der Waals surface area (Å²) in [6.45, 7) is 1.01. The van der Waals surface area contributed by atoms with E-state index in [0.717, 1.165) is 19.1 Å². The first-order valence-electron chi connectivity index (χ1n) is 5.73. The van der Waals surface area contributed by atoms with E-state index in [1.807, 2.05) is 11.9 Å². The molecule has 5 heteroatoms. The fourth-order valence-electron chi connectivity index (χ4n) is 1.81. The van der Waals surface area contributed by atoms with Crippen molar-refractivity contribution < 1.29 is 14.6 Å². The van der Waals surface area contributed by atoms with Crippen molar-refractivity contribution in [3.05, 3.63) is 28.3 Å². The van der Waals surface area contributed by atoms with E-state index in [-0.39, 0.29) is 11.9 Å². The van der Waals surface area contributed by atoms with Crippen molar-refractivity contribution in [1.29, 1.82) is 0 Å². The van der Waals surface area contributed by atoms with Crippen LogP contribution in [0.25, 0.3) is 0 Å². The second-order valence-electron chi connectivity index (χ2n) is 4.70. The predicted octanol–water partition coefficient (Wildman–Crippen LogP) is 0.548. The summed E-state index contributed by atoms with van der Waals surface area (Å²) >= 11 is 0. The zero-order chi connectivity index (χ0) is 12.4. The SMILES string of the molecule is CN(Cc1cc(=O)c(O)co1)CC(O)C1CC1. The Kier molecular flexibility index (Phi) is 3.49. The summed E-state index contributed by atoms with van der Waals surface area (Å²) in [5.74, 6) is 0.539. The zero-order valence-corrected chi connectivity index (χ0v) is 9.80. The molecule has 1 aromatic rings. The van der Waals surface area contributed by atoms with Gasteiger partial charge in [-0.1, -0.05) is 0 Å². The van der Waals surface area contributed by atoms with Gasteiger partial charge in [0.05, 0.1) is 12.6 Å². The van der Waals surface area contributed by atoms with Gasteiger partial charge in [0.1, 0.15) is 12.0 Å². The molecule has 1 aromatic heterocycles. The highest BCUT2D eigenvalue weighted by molar-refractivity contribution is 5.15. The van der Waals surface area contributed by atoms with Gasteiger partial charge >= 0.3 is 0 Å². The van der Waals surface area contributed by atoms with Gasteiger partial charge in [-0.2, -0.15) is 0 Å². The molecular weight excluding hydrogens is 222 g/mol. The van der Waals surface area contributed by atoms with Crippen LogP contribution in [0, 0.1) is 5.92 Å². The van der Waals surface area contributed by atoms with Gasteiger partial charge in [0, 0.05) is 12.6 Å². The Morgan fingerprint density at radius 2 is 2.29 bits per heavy atom. The predicted molar refractivity (Wildman–Crippen MR) is 61.7 cm³/mol. The Labute approximate surface area is 99.3 Å². The quantitative estimate of drug-likeness (QED) is 0.785. The summed E-state index contributed by atoms with van der Waals surface area (Å²) in [7, 11) is 1.86. The minimum Gasteiger partial charge on any atom is -0.502 e. The van der Waals surface area contributed by atoms with Crippen LogP contribution in [0.15, 0.2) is 21.5 Å². The van der Waals surface area contributed by atoms with Crippen LogP contribution in [0.2, 0.25) is 0 Å². The molecule has 94 valence electrons. The van der Waals surface area contributed by atoms with Crippen molar-refractivity contribution in [2.75, 3.05) is 13.6 Å². The maximum atomic E-state index is 11.2. The largest absolute Gasteiger partial charge is 0.502 e. The van der Waals surface area contributed by atoms with Gasteiger partial charge in [-0.3, -0.25) is 9.69 Å². The van der Waals surface area contributed by atoms with Crippen molar-refractivity contribution in [1.82, 2.24) is 4.90 Å². The second kappa shape index (κ2) is 4.89. The van der Waals surface area contributed by atoms with Crippen LogP contribution in [0.5, 0.6) is 5.75 Å². The average Bonchev–Trinajstić information content (AvgIpc) is 3.06. The third-order valence-corrected chi connectivity index (χ3v) is 2.96. The first-order chi connectivity index (χ1) is 8.06. The molecule has 0 spiro atoms. The first-order valence-corrected chi connectivity index (χ1v) is 5.73. The fraction of sp³-hybridized carbons (Fsp3) is 0.583. The van der Waals surface area contributed by atoms with Gasteiger partial charge < -0.3 is 14.6 Å². The van der Waals surface area contributed by atoms with Gasteiger partial charge in [-0.25, -0.2) is 0 Å². The van der Waals surface area contributed by atoms with Gasteiger partial charge in [0.25, 0.3) is 0 Å². The monoisotopic (exact) mass is 239 g/mol. The molecule has 0 aliphatic heterocycles. The van der Waals surface area contributed by atoms with E-state index in [0.29, 0.717) is 24.8 Å². The summed E-state index contributed by atoms with van der Waals surface area (Å²) in [5.41, 5.74) is -0.442. The Hall–Kier alpha value is -1.33. The van der Waals surface area contributed by atoms with Gasteiger partial charge in [-0.05, 0) is 25.8 Å². The number of hydrogen-bond acceptors (Lipinski definition) is 5. The Balaban J connectivity index is 1.90. The Bertz CT molecular complexity index is 438. The minimum absolute atomic E-state index is 0.302. The third kappa shape index (κ3) is 3.31. The smallest absolute Gasteiger partial charge is 0.226 e. The summed E-state index contributed by atoms with van der Waals surface area (Å²) in [6, 6.07) is 1.27. The van der Waals surface area contributed by atoms with Crippen molar-refractivity contribution in [2.24, 2.45) is 5.92 Å². The standard InChI is InChI=1S/C12H17NO4/c1-13(6-11(15)8-2-3-8)5-9-4-10(14)12(16)7-17-9/h4,7-8,11,15-16H,2-3,5-6H2,1H3. The fourth-order valence-corrected chi connectivity index (χ4v) is 1.81. The zero-order valence-electron chi connectivity index (χ0n) is 9.80. The molecule has 1 atom stereocenters. The van der Waals surface area contributed by atoms with Crippen LogP contribution >= 0.6 is 0 Å². The molecular formula is C12H17NO4. The summed E-state index contributed by atoms with van der Waals surface area (Å²) in [5, 5.41) is 18.8. The molecule has 1 saturated carbocycles.